The van der Waals surface area contributed by atoms with Crippen LogP contribution >= 0.6 is 0 Å². The second-order valence-electron chi connectivity index (χ2n) is 7.17. The molecule has 2 aromatic heterocycles. The van der Waals surface area contributed by atoms with Gasteiger partial charge in [-0.25, -0.2) is 13.4 Å². The van der Waals surface area contributed by atoms with Crippen LogP contribution < -0.4 is 10.6 Å². The fourth-order valence-electron chi connectivity index (χ4n) is 3.32. The molecule has 9 nitrogen and oxygen atoms in total. The molecule has 2 N–H and O–H groups in total. The molecule has 0 aromatic carbocycles. The Morgan fingerprint density at radius 2 is 2.07 bits per heavy atom. The molecule has 0 radical (unpaired) electrons. The van der Waals surface area contributed by atoms with Crippen LogP contribution in [0.15, 0.2) is 10.6 Å². The smallest absolute Gasteiger partial charge is 0.259 e. The molecule has 2 fully saturated rings. The molecule has 144 valence electrons. The van der Waals surface area contributed by atoms with E-state index in [-0.39, 0.29) is 18.1 Å². The summed E-state index contributed by atoms with van der Waals surface area (Å²) in [5, 5.41) is 9.66. The minimum atomic E-state index is -3.07. The van der Waals surface area contributed by atoms with E-state index in [0.717, 1.165) is 18.5 Å². The fraction of sp³-hybridized carbons (Fsp3) is 0.529. The minimum Gasteiger partial charge on any atom is -0.351 e. The van der Waals surface area contributed by atoms with Crippen molar-refractivity contribution in [2.45, 2.75) is 38.1 Å². The van der Waals surface area contributed by atoms with Crippen molar-refractivity contribution < 1.29 is 22.5 Å². The number of hydrogen-bond donors (Lipinski definition) is 2. The lowest BCUT2D eigenvalue weighted by molar-refractivity contribution is -0.120. The van der Waals surface area contributed by atoms with Gasteiger partial charge in [0, 0.05) is 17.7 Å². The molecule has 2 aromatic rings. The Kier molecular flexibility index (Phi) is 4.37. The zero-order chi connectivity index (χ0) is 19.2. The van der Waals surface area contributed by atoms with Gasteiger partial charge in [0.25, 0.3) is 11.6 Å². The van der Waals surface area contributed by atoms with E-state index in [4.69, 9.17) is 4.52 Å². The largest absolute Gasteiger partial charge is 0.351 e. The minimum absolute atomic E-state index is 0.0533. The summed E-state index contributed by atoms with van der Waals surface area (Å²) in [4.78, 5) is 29.1. The lowest BCUT2D eigenvalue weighted by Gasteiger charge is -2.12. The Balaban J connectivity index is 1.45. The molecule has 3 heterocycles. The highest BCUT2D eigenvalue weighted by Gasteiger charge is 2.30. The van der Waals surface area contributed by atoms with Crippen LogP contribution in [-0.4, -0.2) is 54.5 Å². The molecule has 1 aliphatic carbocycles. The number of nitrogens with zero attached hydrogens (tertiary/aromatic N) is 2. The molecule has 1 aliphatic heterocycles. The van der Waals surface area contributed by atoms with Gasteiger partial charge in [0.05, 0.1) is 34.7 Å². The predicted octanol–water partition coefficient (Wildman–Crippen LogP) is 0.442. The summed E-state index contributed by atoms with van der Waals surface area (Å²) < 4.78 is 28.1. The van der Waals surface area contributed by atoms with Gasteiger partial charge >= 0.3 is 0 Å². The summed E-state index contributed by atoms with van der Waals surface area (Å²) in [6.07, 6.45) is 2.45. The van der Waals surface area contributed by atoms with E-state index in [1.807, 2.05) is 0 Å². The van der Waals surface area contributed by atoms with Crippen LogP contribution in [0.1, 0.15) is 46.9 Å². The standard InChI is InChI=1S/C17H20N4O5S/c1-9-15-12(6-13(10-2-3-10)20-17(15)26-21-9)16(23)18-7-14(22)19-11-4-5-27(24,25)8-11/h6,10-11H,2-5,7-8H2,1H3,(H,18,23)(H,19,22)/t11-/m1/s1. The quantitative estimate of drug-likeness (QED) is 0.755. The summed E-state index contributed by atoms with van der Waals surface area (Å²) in [6.45, 7) is 1.50. The average molecular weight is 392 g/mol. The highest BCUT2D eigenvalue weighted by molar-refractivity contribution is 7.91. The van der Waals surface area contributed by atoms with Gasteiger partial charge in [-0.3, -0.25) is 9.59 Å². The number of aryl methyl sites for hydroxylation is 1. The number of pyridine rings is 1. The topological polar surface area (TPSA) is 131 Å². The summed E-state index contributed by atoms with van der Waals surface area (Å²) in [6, 6.07) is 1.34. The van der Waals surface area contributed by atoms with Crippen molar-refractivity contribution in [3.05, 3.63) is 23.0 Å². The number of carbonyl (C=O) groups is 2. The molecular weight excluding hydrogens is 372 g/mol. The molecule has 0 bridgehead atoms. The number of fused-ring (bicyclic) bond motifs is 1. The molecular formula is C17H20N4O5S. The van der Waals surface area contributed by atoms with Crippen molar-refractivity contribution in [2.24, 2.45) is 0 Å². The number of aromatic nitrogens is 2. The van der Waals surface area contributed by atoms with Gasteiger partial charge in [0.2, 0.25) is 5.91 Å². The summed E-state index contributed by atoms with van der Waals surface area (Å²) in [5.74, 6) is -0.470. The van der Waals surface area contributed by atoms with Gasteiger partial charge in [-0.1, -0.05) is 5.16 Å². The monoisotopic (exact) mass is 392 g/mol. The number of sulfone groups is 1. The number of hydrogen-bond acceptors (Lipinski definition) is 7. The number of rotatable bonds is 5. The Morgan fingerprint density at radius 1 is 1.30 bits per heavy atom. The third-order valence-electron chi connectivity index (χ3n) is 4.88. The first-order valence-corrected chi connectivity index (χ1v) is 10.7. The first kappa shape index (κ1) is 17.9. The maximum Gasteiger partial charge on any atom is 0.259 e. The van der Waals surface area contributed by atoms with Crippen molar-refractivity contribution in [2.75, 3.05) is 18.1 Å². The van der Waals surface area contributed by atoms with E-state index in [2.05, 4.69) is 20.8 Å². The van der Waals surface area contributed by atoms with Crippen molar-refractivity contribution >= 4 is 32.8 Å². The first-order chi connectivity index (χ1) is 12.8. The van der Waals surface area contributed by atoms with Crippen LogP contribution in [0.3, 0.4) is 0 Å². The third kappa shape index (κ3) is 3.80. The number of nitrogens with one attached hydrogen (secondary N) is 2. The van der Waals surface area contributed by atoms with E-state index in [1.54, 1.807) is 13.0 Å². The molecule has 0 spiro atoms. The van der Waals surface area contributed by atoms with Crippen LogP contribution in [0.5, 0.6) is 0 Å². The third-order valence-corrected chi connectivity index (χ3v) is 6.65. The Hall–Kier alpha value is -2.49. The first-order valence-electron chi connectivity index (χ1n) is 8.87. The van der Waals surface area contributed by atoms with E-state index >= 15 is 0 Å². The second kappa shape index (κ2) is 6.59. The van der Waals surface area contributed by atoms with Gasteiger partial charge in [-0.15, -0.1) is 0 Å². The van der Waals surface area contributed by atoms with Gasteiger partial charge in [-0.05, 0) is 32.3 Å². The Morgan fingerprint density at radius 3 is 2.74 bits per heavy atom. The van der Waals surface area contributed by atoms with Crippen molar-refractivity contribution in [1.82, 2.24) is 20.8 Å². The van der Waals surface area contributed by atoms with Crippen molar-refractivity contribution in [3.8, 4) is 0 Å². The van der Waals surface area contributed by atoms with Gasteiger partial charge in [0.15, 0.2) is 9.84 Å². The normalized spacial score (nSPS) is 21.3. The molecule has 4 rings (SSSR count). The van der Waals surface area contributed by atoms with Crippen LogP contribution in [0.2, 0.25) is 0 Å². The fourth-order valence-corrected chi connectivity index (χ4v) is 5.00. The molecule has 10 heteroatoms. The predicted molar refractivity (Wildman–Crippen MR) is 96.1 cm³/mol. The molecule has 2 aliphatic rings. The molecule has 1 atom stereocenters. The molecule has 0 unspecified atom stereocenters. The molecule has 27 heavy (non-hydrogen) atoms. The lowest BCUT2D eigenvalue weighted by Crippen LogP contribution is -2.42. The number of amides is 2. The van der Waals surface area contributed by atoms with E-state index < -0.39 is 27.7 Å². The van der Waals surface area contributed by atoms with Crippen LogP contribution in [0.4, 0.5) is 0 Å². The second-order valence-corrected chi connectivity index (χ2v) is 9.40. The average Bonchev–Trinajstić information content (AvgIpc) is 3.33. The Bertz CT molecular complexity index is 1030. The number of carbonyl (C=O) groups excluding carboxylic acids is 2. The van der Waals surface area contributed by atoms with Gasteiger partial charge in [0.1, 0.15) is 0 Å². The summed E-state index contributed by atoms with van der Waals surface area (Å²) >= 11 is 0. The van der Waals surface area contributed by atoms with E-state index in [0.29, 0.717) is 34.7 Å². The zero-order valence-electron chi connectivity index (χ0n) is 14.8. The van der Waals surface area contributed by atoms with Crippen molar-refractivity contribution in [3.63, 3.8) is 0 Å². The zero-order valence-corrected chi connectivity index (χ0v) is 15.6. The molecule has 1 saturated carbocycles. The maximum absolute atomic E-state index is 12.7. The summed E-state index contributed by atoms with van der Waals surface area (Å²) in [7, 11) is -3.07. The van der Waals surface area contributed by atoms with Gasteiger partial charge < -0.3 is 15.2 Å². The molecule has 2 amide bonds. The lowest BCUT2D eigenvalue weighted by atomic mass is 10.1. The van der Waals surface area contributed by atoms with Crippen molar-refractivity contribution in [1.29, 1.82) is 0 Å². The SMILES string of the molecule is Cc1noc2nc(C3CC3)cc(C(=O)NCC(=O)N[C@@H]3CCS(=O)(=O)C3)c12. The van der Waals surface area contributed by atoms with Crippen LogP contribution in [0, 0.1) is 6.92 Å². The highest BCUT2D eigenvalue weighted by atomic mass is 32.2. The maximum atomic E-state index is 12.7. The highest BCUT2D eigenvalue weighted by Crippen LogP contribution is 2.40. The summed E-state index contributed by atoms with van der Waals surface area (Å²) in [5.41, 5.74) is 2.06. The van der Waals surface area contributed by atoms with E-state index in [1.165, 1.54) is 0 Å². The van der Waals surface area contributed by atoms with Gasteiger partial charge in [-0.2, -0.15) is 0 Å². The van der Waals surface area contributed by atoms with Crippen LogP contribution in [0.25, 0.3) is 11.1 Å². The Labute approximate surface area is 155 Å². The van der Waals surface area contributed by atoms with Crippen LogP contribution in [-0.2, 0) is 14.6 Å². The molecule has 1 saturated heterocycles. The van der Waals surface area contributed by atoms with E-state index in [9.17, 15) is 18.0 Å².